The molecule has 1 aliphatic carbocycles. The molecule has 1 aromatic rings. The molecule has 2 fully saturated rings. The van der Waals surface area contributed by atoms with Crippen LogP contribution in [0, 0.1) is 0 Å². The number of sulfonamides is 1. The third-order valence-electron chi connectivity index (χ3n) is 5.27. The molecular formula is C18H28N2O5S. The molecule has 1 heterocycles. The average molecular weight is 384 g/mol. The van der Waals surface area contributed by atoms with Gasteiger partial charge in [-0.05, 0) is 18.9 Å². The highest BCUT2D eigenvalue weighted by molar-refractivity contribution is 7.90. The number of nitrogens with zero attached hydrogens (tertiary/aromatic N) is 1. The first-order valence-corrected chi connectivity index (χ1v) is 10.6. The average Bonchev–Trinajstić information content (AvgIpc) is 3.03. The van der Waals surface area contributed by atoms with Gasteiger partial charge in [0.05, 0.1) is 26.9 Å². The quantitative estimate of drug-likeness (QED) is 0.811. The van der Waals surface area contributed by atoms with E-state index in [9.17, 15) is 8.42 Å². The van der Waals surface area contributed by atoms with Crippen LogP contribution < -0.4 is 14.2 Å². The molecular weight excluding hydrogens is 356 g/mol. The molecule has 3 rings (SSSR count). The Bertz CT molecular complexity index is 718. The maximum absolute atomic E-state index is 13.1. The SMILES string of the molecule is COc1cccc([C@@H]2[C@@H](S(=O)(=O)NC3CCCCC3)CON2C)c1OC. The molecule has 0 unspecified atom stereocenters. The van der Waals surface area contributed by atoms with Crippen molar-refractivity contribution in [3.8, 4) is 11.5 Å². The van der Waals surface area contributed by atoms with Gasteiger partial charge in [0.25, 0.3) is 0 Å². The van der Waals surface area contributed by atoms with Gasteiger partial charge in [0.2, 0.25) is 10.0 Å². The Morgan fingerprint density at radius 1 is 1.15 bits per heavy atom. The normalized spacial score (nSPS) is 25.3. The second-order valence-corrected chi connectivity index (χ2v) is 8.84. The fourth-order valence-corrected chi connectivity index (χ4v) is 5.71. The number of hydrogen-bond acceptors (Lipinski definition) is 6. The van der Waals surface area contributed by atoms with Crippen molar-refractivity contribution in [3.63, 3.8) is 0 Å². The van der Waals surface area contributed by atoms with E-state index >= 15 is 0 Å². The Morgan fingerprint density at radius 3 is 2.54 bits per heavy atom. The summed E-state index contributed by atoms with van der Waals surface area (Å²) in [5.41, 5.74) is 0.742. The van der Waals surface area contributed by atoms with E-state index in [2.05, 4.69) is 4.72 Å². The monoisotopic (exact) mass is 384 g/mol. The van der Waals surface area contributed by atoms with Gasteiger partial charge < -0.3 is 9.47 Å². The van der Waals surface area contributed by atoms with Gasteiger partial charge in [-0.3, -0.25) is 4.84 Å². The molecule has 26 heavy (non-hydrogen) atoms. The maximum atomic E-state index is 13.1. The lowest BCUT2D eigenvalue weighted by atomic mass is 9.96. The number of para-hydroxylation sites is 1. The molecule has 7 nitrogen and oxygen atoms in total. The van der Waals surface area contributed by atoms with Crippen LogP contribution in [0.2, 0.25) is 0 Å². The highest BCUT2D eigenvalue weighted by Crippen LogP contribution is 2.42. The van der Waals surface area contributed by atoms with Crippen molar-refractivity contribution in [2.24, 2.45) is 0 Å². The largest absolute Gasteiger partial charge is 0.493 e. The van der Waals surface area contributed by atoms with Crippen molar-refractivity contribution in [2.75, 3.05) is 27.9 Å². The van der Waals surface area contributed by atoms with Crippen molar-refractivity contribution in [1.29, 1.82) is 0 Å². The van der Waals surface area contributed by atoms with E-state index in [1.54, 1.807) is 32.4 Å². The molecule has 1 saturated carbocycles. The second-order valence-electron chi connectivity index (χ2n) is 6.91. The molecule has 1 aliphatic heterocycles. The number of hydrogen-bond donors (Lipinski definition) is 1. The topological polar surface area (TPSA) is 77.1 Å². The van der Waals surface area contributed by atoms with E-state index in [1.165, 1.54) is 6.42 Å². The van der Waals surface area contributed by atoms with Crippen LogP contribution in [0.4, 0.5) is 0 Å². The number of benzene rings is 1. The Balaban J connectivity index is 1.90. The lowest BCUT2D eigenvalue weighted by molar-refractivity contribution is -0.110. The van der Waals surface area contributed by atoms with E-state index in [4.69, 9.17) is 14.3 Å². The first-order chi connectivity index (χ1) is 12.5. The molecule has 2 atom stereocenters. The van der Waals surface area contributed by atoms with Crippen LogP contribution >= 0.6 is 0 Å². The Kier molecular flexibility index (Phi) is 6.06. The Labute approximate surface area is 155 Å². The van der Waals surface area contributed by atoms with E-state index in [0.717, 1.165) is 31.2 Å². The summed E-state index contributed by atoms with van der Waals surface area (Å²) in [4.78, 5) is 5.60. The number of methoxy groups -OCH3 is 2. The predicted octanol–water partition coefficient (Wildman–Crippen LogP) is 2.24. The molecule has 2 aliphatic rings. The third kappa shape index (κ3) is 3.83. The maximum Gasteiger partial charge on any atom is 0.219 e. The van der Waals surface area contributed by atoms with Crippen molar-refractivity contribution >= 4 is 10.0 Å². The minimum absolute atomic E-state index is 0.0208. The van der Waals surface area contributed by atoms with Crippen LogP contribution in [-0.4, -0.2) is 52.6 Å². The summed E-state index contributed by atoms with van der Waals surface area (Å²) in [5.74, 6) is 1.11. The predicted molar refractivity (Wildman–Crippen MR) is 98.7 cm³/mol. The summed E-state index contributed by atoms with van der Waals surface area (Å²) in [5, 5.41) is 0.887. The van der Waals surface area contributed by atoms with E-state index in [0.29, 0.717) is 11.5 Å². The van der Waals surface area contributed by atoms with Crippen molar-refractivity contribution in [3.05, 3.63) is 23.8 Å². The van der Waals surface area contributed by atoms with Gasteiger partial charge in [-0.1, -0.05) is 31.4 Å². The van der Waals surface area contributed by atoms with Gasteiger partial charge in [-0.15, -0.1) is 0 Å². The standard InChI is InChI=1S/C18H28N2O5S/c1-20-17(14-10-7-11-15(23-2)18(14)24-3)16(12-25-20)26(21,22)19-13-8-5-4-6-9-13/h7,10-11,13,16-17,19H,4-6,8-9,12H2,1-3H3/t16-,17+/m0/s1. The number of ether oxygens (including phenoxy) is 2. The molecule has 0 aromatic heterocycles. The van der Waals surface area contributed by atoms with Gasteiger partial charge in [0.15, 0.2) is 11.5 Å². The minimum Gasteiger partial charge on any atom is -0.493 e. The van der Waals surface area contributed by atoms with Gasteiger partial charge in [-0.2, -0.15) is 5.06 Å². The van der Waals surface area contributed by atoms with E-state index in [1.807, 2.05) is 12.1 Å². The zero-order chi connectivity index (χ0) is 18.7. The zero-order valence-corrected chi connectivity index (χ0v) is 16.4. The Morgan fingerprint density at radius 2 is 1.88 bits per heavy atom. The van der Waals surface area contributed by atoms with Crippen LogP contribution in [-0.2, 0) is 14.9 Å². The fourth-order valence-electron chi connectivity index (χ4n) is 3.94. The summed E-state index contributed by atoms with van der Waals surface area (Å²) in [6, 6.07) is 5.04. The molecule has 146 valence electrons. The summed E-state index contributed by atoms with van der Waals surface area (Å²) < 4.78 is 40.0. The van der Waals surface area contributed by atoms with Gasteiger partial charge in [-0.25, -0.2) is 13.1 Å². The molecule has 8 heteroatoms. The molecule has 1 aromatic carbocycles. The number of hydroxylamine groups is 2. The molecule has 0 radical (unpaired) electrons. The van der Waals surface area contributed by atoms with Crippen LogP contribution in [0.25, 0.3) is 0 Å². The highest BCUT2D eigenvalue weighted by Gasteiger charge is 2.45. The van der Waals surface area contributed by atoms with E-state index in [-0.39, 0.29) is 12.6 Å². The van der Waals surface area contributed by atoms with Crippen LogP contribution in [0.3, 0.4) is 0 Å². The summed E-state index contributed by atoms with van der Waals surface area (Å²) in [6.07, 6.45) is 5.12. The van der Waals surface area contributed by atoms with Crippen molar-refractivity contribution in [1.82, 2.24) is 9.79 Å². The summed E-state index contributed by atoms with van der Waals surface area (Å²) in [6.45, 7) is 0.115. The summed E-state index contributed by atoms with van der Waals surface area (Å²) >= 11 is 0. The number of rotatable bonds is 6. The zero-order valence-electron chi connectivity index (χ0n) is 15.6. The highest BCUT2D eigenvalue weighted by atomic mass is 32.2. The lowest BCUT2D eigenvalue weighted by Crippen LogP contribution is -2.44. The first kappa shape index (κ1) is 19.4. The van der Waals surface area contributed by atoms with Gasteiger partial charge in [0, 0.05) is 18.7 Å². The molecule has 1 saturated heterocycles. The second kappa shape index (κ2) is 8.12. The van der Waals surface area contributed by atoms with Crippen LogP contribution in [0.5, 0.6) is 11.5 Å². The van der Waals surface area contributed by atoms with Crippen LogP contribution in [0.15, 0.2) is 18.2 Å². The fraction of sp³-hybridized carbons (Fsp3) is 0.667. The van der Waals surface area contributed by atoms with Crippen molar-refractivity contribution < 1.29 is 22.7 Å². The minimum atomic E-state index is -3.55. The first-order valence-electron chi connectivity index (χ1n) is 9.05. The third-order valence-corrected chi connectivity index (χ3v) is 7.13. The van der Waals surface area contributed by atoms with Crippen LogP contribution in [0.1, 0.15) is 43.7 Å². The molecule has 0 amide bonds. The summed E-state index contributed by atoms with van der Waals surface area (Å²) in [7, 11) is 1.32. The molecule has 0 spiro atoms. The molecule has 0 bridgehead atoms. The number of nitrogens with one attached hydrogen (secondary N) is 1. The molecule has 1 N–H and O–H groups in total. The smallest absolute Gasteiger partial charge is 0.219 e. The van der Waals surface area contributed by atoms with Crippen molar-refractivity contribution in [2.45, 2.75) is 49.4 Å². The Hall–Kier alpha value is -1.35. The lowest BCUT2D eigenvalue weighted by Gasteiger charge is -2.28. The van der Waals surface area contributed by atoms with E-state index < -0.39 is 21.3 Å². The van der Waals surface area contributed by atoms with Gasteiger partial charge in [0.1, 0.15) is 5.25 Å². The van der Waals surface area contributed by atoms with Gasteiger partial charge >= 0.3 is 0 Å².